The molecule has 0 saturated carbocycles. The summed E-state index contributed by atoms with van der Waals surface area (Å²) in [7, 11) is 0. The van der Waals surface area contributed by atoms with E-state index in [4.69, 9.17) is 23.2 Å². The van der Waals surface area contributed by atoms with Crippen molar-refractivity contribution >= 4 is 57.9 Å². The number of halogens is 2. The zero-order chi connectivity index (χ0) is 20.2. The predicted molar refractivity (Wildman–Crippen MR) is 108 cm³/mol. The number of hydrazone groups is 1. The van der Waals surface area contributed by atoms with Gasteiger partial charge in [0.15, 0.2) is 5.78 Å². The quantitative estimate of drug-likeness (QED) is 0.717. The molecule has 2 amide bonds. The molecule has 2 aromatic rings. The van der Waals surface area contributed by atoms with Crippen molar-refractivity contribution in [1.29, 1.82) is 0 Å². The molecule has 8 heteroatoms. The number of fused-ring (bicyclic) bond motifs is 1. The van der Waals surface area contributed by atoms with Crippen molar-refractivity contribution in [3.05, 3.63) is 58.1 Å². The summed E-state index contributed by atoms with van der Waals surface area (Å²) in [5.74, 6) is -2.28. The zero-order valence-electron chi connectivity index (χ0n) is 15.0. The summed E-state index contributed by atoms with van der Waals surface area (Å²) >= 11 is 12.3. The molecule has 0 radical (unpaired) electrons. The number of carbonyl (C=O) groups is 3. The molecule has 2 aromatic carbocycles. The van der Waals surface area contributed by atoms with Gasteiger partial charge in [-0.3, -0.25) is 19.4 Å². The van der Waals surface area contributed by atoms with Gasteiger partial charge < -0.3 is 0 Å². The lowest BCUT2D eigenvalue weighted by Gasteiger charge is -2.24. The van der Waals surface area contributed by atoms with E-state index in [1.165, 1.54) is 18.0 Å². The fourth-order valence-corrected chi connectivity index (χ4v) is 3.97. The van der Waals surface area contributed by atoms with Gasteiger partial charge in [-0.15, -0.1) is 0 Å². The molecular formula is C20H15Cl2N3O3. The van der Waals surface area contributed by atoms with Crippen molar-refractivity contribution < 1.29 is 14.4 Å². The molecule has 2 heterocycles. The Morgan fingerprint density at radius 1 is 1.07 bits per heavy atom. The maximum absolute atomic E-state index is 13.3. The highest BCUT2D eigenvalue weighted by molar-refractivity contribution is 6.49. The van der Waals surface area contributed by atoms with Gasteiger partial charge in [0.05, 0.1) is 11.4 Å². The minimum atomic E-state index is -0.970. The molecule has 142 valence electrons. The average molecular weight is 416 g/mol. The Morgan fingerprint density at radius 3 is 2.46 bits per heavy atom. The van der Waals surface area contributed by atoms with E-state index in [-0.39, 0.29) is 11.5 Å². The Balaban J connectivity index is 1.85. The second-order valence-corrected chi connectivity index (χ2v) is 7.53. The maximum atomic E-state index is 13.3. The summed E-state index contributed by atoms with van der Waals surface area (Å²) in [6.45, 7) is 3.13. The molecule has 2 aliphatic rings. The van der Waals surface area contributed by atoms with Crippen LogP contribution < -0.4 is 9.91 Å². The third kappa shape index (κ3) is 2.72. The van der Waals surface area contributed by atoms with Gasteiger partial charge in [0, 0.05) is 17.0 Å². The summed E-state index contributed by atoms with van der Waals surface area (Å²) in [5.41, 5.74) is 1.71. The molecule has 2 aliphatic heterocycles. The van der Waals surface area contributed by atoms with Gasteiger partial charge in [0.25, 0.3) is 5.91 Å². The van der Waals surface area contributed by atoms with Crippen LogP contribution in [0.25, 0.3) is 0 Å². The molecular weight excluding hydrogens is 401 g/mol. The number of carbonyl (C=O) groups excluding carboxylic acids is 3. The first-order chi connectivity index (χ1) is 13.3. The number of amides is 2. The van der Waals surface area contributed by atoms with Crippen molar-refractivity contribution in [3.8, 4) is 0 Å². The topological polar surface area (TPSA) is 70.1 Å². The van der Waals surface area contributed by atoms with Gasteiger partial charge in [-0.05, 0) is 42.8 Å². The Labute approximate surface area is 171 Å². The van der Waals surface area contributed by atoms with Gasteiger partial charge >= 0.3 is 0 Å². The lowest BCUT2D eigenvalue weighted by atomic mass is 9.95. The van der Waals surface area contributed by atoms with E-state index in [0.29, 0.717) is 27.0 Å². The molecule has 1 fully saturated rings. The number of nitrogens with zero attached hydrogens (tertiary/aromatic N) is 3. The molecule has 2 atom stereocenters. The van der Waals surface area contributed by atoms with E-state index >= 15 is 0 Å². The van der Waals surface area contributed by atoms with Gasteiger partial charge in [-0.25, -0.2) is 4.90 Å². The standard InChI is InChI=1S/C20H15Cl2N3O3/c1-10-14(22)7-4-8-15(10)25-18-16(17(23-25)11(2)26)19(27)24(20(18)28)13-6-3-5-12(21)9-13/h3-9,16,18H,1-2H3/t16-,18+/m1/s1. The monoisotopic (exact) mass is 415 g/mol. The SMILES string of the molecule is CC(=O)C1=NN(c2cccc(Cl)c2C)[C@@H]2C(=O)N(c3cccc(Cl)c3)C(=O)[C@H]12. The average Bonchev–Trinajstić information content (AvgIpc) is 3.15. The number of Topliss-reactive ketones (excluding diaryl/α,β-unsaturated/α-hetero) is 1. The molecule has 28 heavy (non-hydrogen) atoms. The molecule has 0 spiro atoms. The minimum absolute atomic E-state index is 0.0623. The van der Waals surface area contributed by atoms with Crippen molar-refractivity contribution in [1.82, 2.24) is 0 Å². The van der Waals surface area contributed by atoms with Gasteiger partial charge in [-0.1, -0.05) is 35.3 Å². The van der Waals surface area contributed by atoms with Crippen molar-refractivity contribution in [2.24, 2.45) is 11.0 Å². The van der Waals surface area contributed by atoms with Crippen molar-refractivity contribution in [2.75, 3.05) is 9.91 Å². The summed E-state index contributed by atoms with van der Waals surface area (Å²) < 4.78 is 0. The summed E-state index contributed by atoms with van der Waals surface area (Å²) in [4.78, 5) is 39.6. The van der Waals surface area contributed by atoms with Crippen molar-refractivity contribution in [3.63, 3.8) is 0 Å². The lowest BCUT2D eigenvalue weighted by Crippen LogP contribution is -2.39. The second kappa shape index (κ2) is 6.72. The summed E-state index contributed by atoms with van der Waals surface area (Å²) in [6.07, 6.45) is 0. The number of benzene rings is 2. The zero-order valence-corrected chi connectivity index (χ0v) is 16.5. The first-order valence-electron chi connectivity index (χ1n) is 8.58. The number of rotatable bonds is 3. The largest absolute Gasteiger partial charge is 0.293 e. The summed E-state index contributed by atoms with van der Waals surface area (Å²) in [6, 6.07) is 10.7. The van der Waals surface area contributed by atoms with Crippen molar-refractivity contribution in [2.45, 2.75) is 19.9 Å². The Hall–Kier alpha value is -2.70. The highest BCUT2D eigenvalue weighted by atomic mass is 35.5. The van der Waals surface area contributed by atoms with Gasteiger partial charge in [-0.2, -0.15) is 5.10 Å². The van der Waals surface area contributed by atoms with Crippen LogP contribution >= 0.6 is 23.2 Å². The Bertz CT molecular complexity index is 1070. The molecule has 0 unspecified atom stereocenters. The van der Waals surface area contributed by atoms with E-state index in [9.17, 15) is 14.4 Å². The van der Waals surface area contributed by atoms with Crippen LogP contribution in [0.15, 0.2) is 47.6 Å². The Morgan fingerprint density at radius 2 is 1.79 bits per heavy atom. The third-order valence-corrected chi connectivity index (χ3v) is 5.61. The Kier molecular flexibility index (Phi) is 4.48. The molecule has 0 aliphatic carbocycles. The fraction of sp³-hybridized carbons (Fsp3) is 0.200. The van der Waals surface area contributed by atoms with Crippen LogP contribution in [0.3, 0.4) is 0 Å². The van der Waals surface area contributed by atoms with Gasteiger partial charge in [0.1, 0.15) is 17.7 Å². The maximum Gasteiger partial charge on any atom is 0.259 e. The van der Waals surface area contributed by atoms with Crippen LogP contribution in [-0.4, -0.2) is 29.4 Å². The molecule has 0 bridgehead atoms. The van der Waals surface area contributed by atoms with E-state index in [0.717, 1.165) is 4.90 Å². The molecule has 0 N–H and O–H groups in total. The highest BCUT2D eigenvalue weighted by Gasteiger charge is 2.58. The van der Waals surface area contributed by atoms with Crippen LogP contribution in [0.4, 0.5) is 11.4 Å². The minimum Gasteiger partial charge on any atom is -0.293 e. The third-order valence-electron chi connectivity index (χ3n) is 4.96. The van der Waals surface area contributed by atoms with E-state index in [1.807, 2.05) is 0 Å². The predicted octanol–water partition coefficient (Wildman–Crippen LogP) is 3.63. The molecule has 4 rings (SSSR count). The van der Waals surface area contributed by atoms with Gasteiger partial charge in [0.2, 0.25) is 5.91 Å². The molecule has 0 aromatic heterocycles. The number of imide groups is 1. The number of hydrogen-bond donors (Lipinski definition) is 0. The number of anilines is 2. The number of hydrogen-bond acceptors (Lipinski definition) is 5. The summed E-state index contributed by atoms with van der Waals surface area (Å²) in [5, 5.41) is 6.68. The van der Waals surface area contributed by atoms with E-state index in [2.05, 4.69) is 5.10 Å². The first kappa shape index (κ1) is 18.7. The first-order valence-corrected chi connectivity index (χ1v) is 9.34. The molecule has 6 nitrogen and oxygen atoms in total. The van der Waals surface area contributed by atoms with Crippen LogP contribution in [0.1, 0.15) is 12.5 Å². The van der Waals surface area contributed by atoms with E-state index < -0.39 is 23.8 Å². The normalized spacial score (nSPS) is 21.2. The smallest absolute Gasteiger partial charge is 0.259 e. The molecule has 1 saturated heterocycles. The van der Waals surface area contributed by atoms with E-state index in [1.54, 1.807) is 43.3 Å². The highest BCUT2D eigenvalue weighted by Crippen LogP contribution is 2.40. The van der Waals surface area contributed by atoms with Crippen LogP contribution in [-0.2, 0) is 14.4 Å². The second-order valence-electron chi connectivity index (χ2n) is 6.68. The fourth-order valence-electron chi connectivity index (χ4n) is 3.62. The van der Waals surface area contributed by atoms with Crippen LogP contribution in [0.2, 0.25) is 10.0 Å². The van der Waals surface area contributed by atoms with Crippen LogP contribution in [0, 0.1) is 12.8 Å². The van der Waals surface area contributed by atoms with Crippen LogP contribution in [0.5, 0.6) is 0 Å². The lowest BCUT2D eigenvalue weighted by molar-refractivity contribution is -0.122. The number of ketones is 1.